The van der Waals surface area contributed by atoms with Crippen LogP contribution in [0.2, 0.25) is 0 Å². The van der Waals surface area contributed by atoms with Crippen molar-refractivity contribution in [3.05, 3.63) is 0 Å². The zero-order chi connectivity index (χ0) is 14.4. The van der Waals surface area contributed by atoms with Gasteiger partial charge in [-0.2, -0.15) is 21.6 Å². The Morgan fingerprint density at radius 1 is 1.11 bits per heavy atom. The van der Waals surface area contributed by atoms with Crippen molar-refractivity contribution in [1.82, 2.24) is 0 Å². The molecule has 0 radical (unpaired) electrons. The van der Waals surface area contributed by atoms with Crippen molar-refractivity contribution in [3.63, 3.8) is 0 Å². The fraction of sp³-hybridized carbons (Fsp3) is 1.00. The average molecular weight is 333 g/mol. The van der Waals surface area contributed by atoms with Crippen LogP contribution in [-0.2, 0) is 19.0 Å². The van der Waals surface area contributed by atoms with E-state index in [1.807, 2.05) is 0 Å². The molecule has 0 aliphatic rings. The molecule has 0 unspecified atom stereocenters. The maximum atomic E-state index is 12.1. The van der Waals surface area contributed by atoms with E-state index in [0.717, 1.165) is 0 Å². The summed E-state index contributed by atoms with van der Waals surface area (Å²) in [6.07, 6.45) is 0. The largest absolute Gasteiger partial charge is 0.523 e. The molecule has 0 rings (SSSR count). The van der Waals surface area contributed by atoms with Crippen LogP contribution in [-0.4, -0.2) is 45.5 Å². The molecule has 0 aliphatic heterocycles. The maximum Gasteiger partial charge on any atom is 0.523 e. The maximum absolute atomic E-state index is 12.1. The highest BCUT2D eigenvalue weighted by Crippen LogP contribution is 2.29. The van der Waals surface area contributed by atoms with E-state index in [-0.39, 0.29) is 18.4 Å². The van der Waals surface area contributed by atoms with Gasteiger partial charge in [-0.3, -0.25) is 4.18 Å². The van der Waals surface area contributed by atoms with Crippen LogP contribution in [0.25, 0.3) is 0 Å². The molecule has 0 heterocycles. The molecule has 0 aromatic carbocycles. The van der Waals surface area contributed by atoms with Gasteiger partial charge in [-0.25, -0.2) is 0 Å². The molecule has 0 fully saturated rings. The average Bonchev–Trinajstić information content (AvgIpc) is 2.29. The van der Waals surface area contributed by atoms with E-state index in [0.29, 0.717) is 6.61 Å². The summed E-state index contributed by atoms with van der Waals surface area (Å²) in [4.78, 5) is 0. The molecule has 18 heavy (non-hydrogen) atoms. The second-order valence-electron chi connectivity index (χ2n) is 3.57. The molecule has 0 saturated carbocycles. The normalized spacial score (nSPS) is 13.9. The van der Waals surface area contributed by atoms with E-state index >= 15 is 0 Å². The second-order valence-corrected chi connectivity index (χ2v) is 5.71. The van der Waals surface area contributed by atoms with Gasteiger partial charge in [0.25, 0.3) is 0 Å². The number of hydrogen-bond donors (Lipinski definition) is 0. The van der Waals surface area contributed by atoms with Crippen LogP contribution in [0, 0.1) is 5.41 Å². The number of rotatable bonds is 8. The Morgan fingerprint density at radius 2 is 1.61 bits per heavy atom. The van der Waals surface area contributed by atoms with Gasteiger partial charge >= 0.3 is 15.6 Å². The minimum absolute atomic E-state index is 0.0934. The van der Waals surface area contributed by atoms with E-state index in [9.17, 15) is 21.6 Å². The van der Waals surface area contributed by atoms with E-state index in [1.54, 1.807) is 6.92 Å². The van der Waals surface area contributed by atoms with Crippen molar-refractivity contribution in [3.8, 4) is 0 Å². The van der Waals surface area contributed by atoms with Crippen LogP contribution in [0.3, 0.4) is 0 Å². The van der Waals surface area contributed by atoms with Crippen LogP contribution in [0.15, 0.2) is 0 Å². The highest BCUT2D eigenvalue weighted by Gasteiger charge is 2.48. The summed E-state index contributed by atoms with van der Waals surface area (Å²) in [5.74, 6) is -0.381. The molecule has 110 valence electrons. The molecule has 0 saturated heterocycles. The standard InChI is InChI=1S/C8H13Cl2F3O4S/c1-2-16-5-7(3-9,4-10)6-17-18(14,15)8(11,12)13/h2-6H2,1H3. The lowest BCUT2D eigenvalue weighted by Crippen LogP contribution is -2.39. The van der Waals surface area contributed by atoms with Gasteiger partial charge in [-0.05, 0) is 6.92 Å². The van der Waals surface area contributed by atoms with E-state index < -0.39 is 27.6 Å². The zero-order valence-corrected chi connectivity index (χ0v) is 11.8. The third-order valence-corrected chi connectivity index (χ3v) is 4.11. The lowest BCUT2D eigenvalue weighted by Gasteiger charge is -2.28. The van der Waals surface area contributed by atoms with Crippen molar-refractivity contribution < 1.29 is 30.5 Å². The van der Waals surface area contributed by atoms with Gasteiger partial charge in [0.1, 0.15) is 0 Å². The lowest BCUT2D eigenvalue weighted by atomic mass is 9.96. The fourth-order valence-electron chi connectivity index (χ4n) is 0.820. The first-order valence-corrected chi connectivity index (χ1v) is 7.27. The van der Waals surface area contributed by atoms with Crippen molar-refractivity contribution in [2.45, 2.75) is 12.4 Å². The predicted molar refractivity (Wildman–Crippen MR) is 61.3 cm³/mol. The Labute approximate surface area is 113 Å². The van der Waals surface area contributed by atoms with Crippen LogP contribution in [0.1, 0.15) is 6.92 Å². The third kappa shape index (κ3) is 5.08. The lowest BCUT2D eigenvalue weighted by molar-refractivity contribution is -0.0577. The second kappa shape index (κ2) is 7.14. The molecule has 0 aromatic rings. The van der Waals surface area contributed by atoms with Gasteiger partial charge in [-0.1, -0.05) is 0 Å². The SMILES string of the molecule is CCOCC(CCl)(CCl)COS(=O)(=O)C(F)(F)F. The van der Waals surface area contributed by atoms with E-state index in [4.69, 9.17) is 27.9 Å². The molecule has 0 bridgehead atoms. The smallest absolute Gasteiger partial charge is 0.381 e. The number of ether oxygens (including phenoxy) is 1. The summed E-state index contributed by atoms with van der Waals surface area (Å²) < 4.78 is 66.6. The Morgan fingerprint density at radius 3 is 1.94 bits per heavy atom. The molecule has 4 nitrogen and oxygen atoms in total. The van der Waals surface area contributed by atoms with Crippen LogP contribution >= 0.6 is 23.2 Å². The number of alkyl halides is 5. The van der Waals surface area contributed by atoms with Crippen LogP contribution < -0.4 is 0 Å². The molecule has 0 aromatic heterocycles. The summed E-state index contributed by atoms with van der Waals surface area (Å²) in [6, 6.07) is 0. The molecular formula is C8H13Cl2F3O4S. The molecule has 0 aliphatic carbocycles. The molecule has 0 amide bonds. The summed E-state index contributed by atoms with van der Waals surface area (Å²) in [5.41, 5.74) is -6.65. The summed E-state index contributed by atoms with van der Waals surface area (Å²) in [7, 11) is -5.65. The summed E-state index contributed by atoms with van der Waals surface area (Å²) in [6.45, 7) is 1.08. The monoisotopic (exact) mass is 332 g/mol. The molecular weight excluding hydrogens is 320 g/mol. The zero-order valence-electron chi connectivity index (χ0n) is 9.47. The van der Waals surface area contributed by atoms with Gasteiger partial charge in [0.15, 0.2) is 0 Å². The summed E-state index contributed by atoms with van der Waals surface area (Å²) in [5, 5.41) is 0. The fourth-order valence-corrected chi connectivity index (χ4v) is 1.95. The Balaban J connectivity index is 4.73. The van der Waals surface area contributed by atoms with Crippen LogP contribution in [0.4, 0.5) is 13.2 Å². The Bertz CT molecular complexity index is 341. The highest BCUT2D eigenvalue weighted by molar-refractivity contribution is 7.87. The molecule has 0 spiro atoms. The van der Waals surface area contributed by atoms with Crippen LogP contribution in [0.5, 0.6) is 0 Å². The Kier molecular flexibility index (Phi) is 7.23. The quantitative estimate of drug-likeness (QED) is 0.389. The minimum Gasteiger partial charge on any atom is -0.381 e. The van der Waals surface area contributed by atoms with Crippen molar-refractivity contribution in [2.24, 2.45) is 5.41 Å². The molecule has 0 N–H and O–H groups in total. The number of halogens is 5. The molecule has 10 heteroatoms. The topological polar surface area (TPSA) is 52.6 Å². The first-order chi connectivity index (χ1) is 8.14. The van der Waals surface area contributed by atoms with E-state index in [1.165, 1.54) is 0 Å². The van der Waals surface area contributed by atoms with E-state index in [2.05, 4.69) is 4.18 Å². The predicted octanol–water partition coefficient (Wildman–Crippen LogP) is 2.35. The van der Waals surface area contributed by atoms with Crippen molar-refractivity contribution >= 4 is 33.3 Å². The van der Waals surface area contributed by atoms with Gasteiger partial charge in [0.05, 0.1) is 13.2 Å². The summed E-state index contributed by atoms with van der Waals surface area (Å²) >= 11 is 11.2. The number of hydrogen-bond acceptors (Lipinski definition) is 4. The minimum atomic E-state index is -5.65. The van der Waals surface area contributed by atoms with Gasteiger partial charge in [0, 0.05) is 23.8 Å². The first-order valence-electron chi connectivity index (χ1n) is 4.79. The highest BCUT2D eigenvalue weighted by atomic mass is 35.5. The third-order valence-electron chi connectivity index (χ3n) is 1.98. The van der Waals surface area contributed by atoms with Gasteiger partial charge < -0.3 is 4.74 Å². The Hall–Kier alpha value is 0.240. The van der Waals surface area contributed by atoms with Crippen molar-refractivity contribution in [2.75, 3.05) is 31.6 Å². The van der Waals surface area contributed by atoms with Crippen molar-refractivity contribution in [1.29, 1.82) is 0 Å². The van der Waals surface area contributed by atoms with Gasteiger partial charge in [0.2, 0.25) is 0 Å². The van der Waals surface area contributed by atoms with Gasteiger partial charge in [-0.15, -0.1) is 23.2 Å². The molecule has 0 atom stereocenters. The first kappa shape index (κ1) is 18.2.